The highest BCUT2D eigenvalue weighted by Gasteiger charge is 2.27. The van der Waals surface area contributed by atoms with Crippen LogP contribution >= 0.6 is 11.3 Å². The zero-order chi connectivity index (χ0) is 23.7. The van der Waals surface area contributed by atoms with Crippen molar-refractivity contribution in [3.63, 3.8) is 0 Å². The van der Waals surface area contributed by atoms with Crippen molar-refractivity contribution < 1.29 is 9.59 Å². The number of rotatable bonds is 5. The van der Waals surface area contributed by atoms with Crippen molar-refractivity contribution in [1.82, 2.24) is 4.98 Å². The molecule has 1 N–H and O–H groups in total. The van der Waals surface area contributed by atoms with Crippen molar-refractivity contribution in [3.05, 3.63) is 64.0 Å². The molecule has 1 fully saturated rings. The van der Waals surface area contributed by atoms with Gasteiger partial charge in [-0.2, -0.15) is 0 Å². The van der Waals surface area contributed by atoms with Crippen LogP contribution in [0.3, 0.4) is 0 Å². The van der Waals surface area contributed by atoms with Gasteiger partial charge in [0.05, 0.1) is 5.69 Å². The lowest BCUT2D eigenvalue weighted by atomic mass is 9.87. The Bertz CT molecular complexity index is 1230. The molecule has 1 aromatic heterocycles. The number of carbonyl (C=O) groups is 2. The Morgan fingerprint density at radius 3 is 2.68 bits per heavy atom. The first kappa shape index (κ1) is 22.8. The van der Waals surface area contributed by atoms with Gasteiger partial charge in [0.1, 0.15) is 0 Å². The first-order valence-corrected chi connectivity index (χ1v) is 13.1. The molecule has 0 atom stereocenters. The number of hydrogen-bond acceptors (Lipinski definition) is 4. The number of nitrogens with zero attached hydrogens (tertiary/aromatic N) is 2. The highest BCUT2D eigenvalue weighted by molar-refractivity contribution is 7.16. The molecule has 0 spiro atoms. The van der Waals surface area contributed by atoms with Crippen LogP contribution in [-0.2, 0) is 11.2 Å². The SMILES string of the molecule is Cc1ccccc1C(=O)N1CCc2cc(-c3nc(NC(=O)CC4CCCCC4)sc3C)ccc21. The smallest absolute Gasteiger partial charge is 0.258 e. The number of aromatic nitrogens is 1. The van der Waals surface area contributed by atoms with E-state index < -0.39 is 0 Å². The topological polar surface area (TPSA) is 62.3 Å². The van der Waals surface area contributed by atoms with Crippen molar-refractivity contribution in [1.29, 1.82) is 0 Å². The van der Waals surface area contributed by atoms with Crippen LogP contribution in [0.25, 0.3) is 11.3 Å². The van der Waals surface area contributed by atoms with E-state index in [4.69, 9.17) is 4.98 Å². The van der Waals surface area contributed by atoms with E-state index in [0.717, 1.165) is 57.8 Å². The van der Waals surface area contributed by atoms with E-state index in [1.54, 1.807) is 0 Å². The summed E-state index contributed by atoms with van der Waals surface area (Å²) in [5, 5.41) is 3.70. The van der Waals surface area contributed by atoms with Gasteiger partial charge in [-0.3, -0.25) is 9.59 Å². The fraction of sp³-hybridized carbons (Fsp3) is 0.393. The summed E-state index contributed by atoms with van der Waals surface area (Å²) >= 11 is 1.53. The number of amides is 2. The lowest BCUT2D eigenvalue weighted by Crippen LogP contribution is -2.29. The lowest BCUT2D eigenvalue weighted by molar-refractivity contribution is -0.117. The van der Waals surface area contributed by atoms with Gasteiger partial charge in [0, 0.05) is 34.7 Å². The van der Waals surface area contributed by atoms with Crippen LogP contribution in [0.15, 0.2) is 42.5 Å². The quantitative estimate of drug-likeness (QED) is 0.458. The number of aryl methyl sites for hydroxylation is 2. The van der Waals surface area contributed by atoms with Gasteiger partial charge in [0.2, 0.25) is 5.91 Å². The maximum atomic E-state index is 13.2. The second-order valence-electron chi connectivity index (χ2n) is 9.55. The van der Waals surface area contributed by atoms with Crippen molar-refractivity contribution in [2.24, 2.45) is 5.92 Å². The molecule has 2 amide bonds. The predicted molar refractivity (Wildman–Crippen MR) is 139 cm³/mol. The molecule has 1 aliphatic carbocycles. The summed E-state index contributed by atoms with van der Waals surface area (Å²) in [5.74, 6) is 0.639. The van der Waals surface area contributed by atoms with Gasteiger partial charge in [-0.1, -0.05) is 43.5 Å². The largest absolute Gasteiger partial charge is 0.308 e. The summed E-state index contributed by atoms with van der Waals surface area (Å²) in [6.07, 6.45) is 7.52. The minimum absolute atomic E-state index is 0.0532. The van der Waals surface area contributed by atoms with Crippen molar-refractivity contribution in [2.45, 2.75) is 58.8 Å². The second-order valence-corrected chi connectivity index (χ2v) is 10.7. The molecule has 1 saturated carbocycles. The fourth-order valence-electron chi connectivity index (χ4n) is 5.26. The zero-order valence-corrected chi connectivity index (χ0v) is 20.7. The minimum atomic E-state index is 0.0532. The van der Waals surface area contributed by atoms with Crippen molar-refractivity contribution in [2.75, 3.05) is 16.8 Å². The van der Waals surface area contributed by atoms with Crippen LogP contribution in [0.5, 0.6) is 0 Å². The summed E-state index contributed by atoms with van der Waals surface area (Å²) in [5.41, 5.74) is 5.83. The summed E-state index contributed by atoms with van der Waals surface area (Å²) in [6, 6.07) is 14.0. The van der Waals surface area contributed by atoms with Crippen LogP contribution in [0.2, 0.25) is 0 Å². The minimum Gasteiger partial charge on any atom is -0.308 e. The molecule has 5 rings (SSSR count). The van der Waals surface area contributed by atoms with E-state index in [9.17, 15) is 9.59 Å². The number of thiazole rings is 1. The highest BCUT2D eigenvalue weighted by Crippen LogP contribution is 2.36. The number of hydrogen-bond donors (Lipinski definition) is 1. The average molecular weight is 474 g/mol. The van der Waals surface area contributed by atoms with Gasteiger partial charge in [0.25, 0.3) is 5.91 Å². The van der Waals surface area contributed by atoms with E-state index in [-0.39, 0.29) is 11.8 Å². The monoisotopic (exact) mass is 473 g/mol. The highest BCUT2D eigenvalue weighted by atomic mass is 32.1. The van der Waals surface area contributed by atoms with Crippen LogP contribution < -0.4 is 10.2 Å². The normalized spacial score (nSPS) is 15.9. The molecule has 176 valence electrons. The molecule has 2 heterocycles. The molecule has 2 aromatic carbocycles. The zero-order valence-electron chi connectivity index (χ0n) is 19.9. The van der Waals surface area contributed by atoms with E-state index >= 15 is 0 Å². The van der Waals surface area contributed by atoms with Crippen molar-refractivity contribution >= 4 is 34.0 Å². The molecule has 0 saturated heterocycles. The molecule has 2 aliphatic rings. The summed E-state index contributed by atoms with van der Waals surface area (Å²) < 4.78 is 0. The second kappa shape index (κ2) is 9.71. The van der Waals surface area contributed by atoms with Crippen LogP contribution in [0.1, 0.15) is 64.9 Å². The molecule has 1 aliphatic heterocycles. The van der Waals surface area contributed by atoms with E-state index in [2.05, 4.69) is 11.4 Å². The van der Waals surface area contributed by atoms with Crippen LogP contribution in [-0.4, -0.2) is 23.3 Å². The van der Waals surface area contributed by atoms with Crippen molar-refractivity contribution in [3.8, 4) is 11.3 Å². The van der Waals surface area contributed by atoms with Crippen LogP contribution in [0, 0.1) is 19.8 Å². The lowest BCUT2D eigenvalue weighted by Gasteiger charge is -2.20. The van der Waals surface area contributed by atoms with Gasteiger partial charge in [-0.25, -0.2) is 4.98 Å². The number of fused-ring (bicyclic) bond motifs is 1. The average Bonchev–Trinajstić information content (AvgIpc) is 3.42. The van der Waals surface area contributed by atoms with E-state index in [1.807, 2.05) is 55.1 Å². The molecule has 0 bridgehead atoms. The Labute approximate surface area is 205 Å². The third kappa shape index (κ3) is 4.64. The van der Waals surface area contributed by atoms with Crippen LogP contribution in [0.4, 0.5) is 10.8 Å². The Morgan fingerprint density at radius 2 is 1.88 bits per heavy atom. The van der Waals surface area contributed by atoms with Gasteiger partial charge in [-0.15, -0.1) is 11.3 Å². The number of benzene rings is 2. The molecule has 0 radical (unpaired) electrons. The first-order chi connectivity index (χ1) is 16.5. The molecular formula is C28H31N3O2S. The standard InChI is InChI=1S/C28H31N3O2S/c1-18-8-6-7-11-23(18)27(33)31-15-14-21-17-22(12-13-24(21)31)26-19(2)34-28(30-26)29-25(32)16-20-9-4-3-5-10-20/h6-8,11-13,17,20H,3-5,9-10,14-16H2,1-2H3,(H,29,30,32). The Hall–Kier alpha value is -2.99. The molecule has 34 heavy (non-hydrogen) atoms. The Morgan fingerprint density at radius 1 is 1.09 bits per heavy atom. The fourth-order valence-corrected chi connectivity index (χ4v) is 6.11. The van der Waals surface area contributed by atoms with Gasteiger partial charge in [-0.05, 0) is 68.4 Å². The van der Waals surface area contributed by atoms with Gasteiger partial charge in [0.15, 0.2) is 5.13 Å². The summed E-state index contributed by atoms with van der Waals surface area (Å²) in [7, 11) is 0. The van der Waals surface area contributed by atoms with Gasteiger partial charge >= 0.3 is 0 Å². The Kier molecular flexibility index (Phi) is 6.50. The molecule has 6 heteroatoms. The number of nitrogens with one attached hydrogen (secondary N) is 1. The number of carbonyl (C=O) groups excluding carboxylic acids is 2. The Balaban J connectivity index is 1.31. The first-order valence-electron chi connectivity index (χ1n) is 12.3. The third-order valence-corrected chi connectivity index (χ3v) is 8.00. The molecule has 5 nitrogen and oxygen atoms in total. The molecular weight excluding hydrogens is 442 g/mol. The van der Waals surface area contributed by atoms with E-state index in [0.29, 0.717) is 24.0 Å². The third-order valence-electron chi connectivity index (χ3n) is 7.11. The maximum Gasteiger partial charge on any atom is 0.258 e. The number of anilines is 2. The molecule has 3 aromatic rings. The van der Waals surface area contributed by atoms with Gasteiger partial charge < -0.3 is 10.2 Å². The predicted octanol–water partition coefficient (Wildman–Crippen LogP) is 6.54. The van der Waals surface area contributed by atoms with E-state index in [1.165, 1.54) is 30.6 Å². The maximum absolute atomic E-state index is 13.2. The molecule has 0 unspecified atom stereocenters. The summed E-state index contributed by atoms with van der Waals surface area (Å²) in [6.45, 7) is 4.71. The summed E-state index contributed by atoms with van der Waals surface area (Å²) in [4.78, 5) is 33.4.